The summed E-state index contributed by atoms with van der Waals surface area (Å²) in [7, 11) is -2.32. The smallest absolute Gasteiger partial charge is 0.285 e. The number of thiazole rings is 1. The third-order valence-electron chi connectivity index (χ3n) is 3.51. The van der Waals surface area contributed by atoms with Crippen LogP contribution in [0.4, 0.5) is 0 Å². The maximum absolute atomic E-state index is 12.6. The van der Waals surface area contributed by atoms with E-state index in [0.29, 0.717) is 22.1 Å². The first kappa shape index (κ1) is 17.7. The lowest BCUT2D eigenvalue weighted by Crippen LogP contribution is -2.16. The fourth-order valence-corrected chi connectivity index (χ4v) is 4.84. The maximum Gasteiger partial charge on any atom is 0.285 e. The van der Waals surface area contributed by atoms with Crippen LogP contribution in [0.15, 0.2) is 64.4 Å². The maximum atomic E-state index is 12.6. The lowest BCUT2D eigenvalue weighted by molar-refractivity contribution is 0.414. The minimum Gasteiger partial charge on any atom is -0.497 e. The Labute approximate surface area is 154 Å². The molecule has 8 heteroatoms. The van der Waals surface area contributed by atoms with E-state index in [1.54, 1.807) is 34.9 Å². The molecule has 5 nitrogen and oxygen atoms in total. The zero-order valence-electron chi connectivity index (χ0n) is 13.3. The van der Waals surface area contributed by atoms with Crippen LogP contribution >= 0.6 is 22.9 Å². The van der Waals surface area contributed by atoms with Crippen molar-refractivity contribution in [2.45, 2.75) is 11.4 Å². The summed E-state index contributed by atoms with van der Waals surface area (Å²) >= 11 is 7.30. The quantitative estimate of drug-likeness (QED) is 0.617. The van der Waals surface area contributed by atoms with Gasteiger partial charge in [0.25, 0.3) is 10.0 Å². The van der Waals surface area contributed by atoms with Crippen LogP contribution in [0.1, 0.15) is 0 Å². The fourth-order valence-electron chi connectivity index (χ4n) is 2.33. The first-order chi connectivity index (χ1) is 11.9. The van der Waals surface area contributed by atoms with Gasteiger partial charge in [0.15, 0.2) is 0 Å². The normalized spacial score (nSPS) is 12.5. The monoisotopic (exact) mass is 394 g/mol. The molecule has 0 aliphatic rings. The summed E-state index contributed by atoms with van der Waals surface area (Å²) in [5, 5.41) is 0.587. The molecule has 1 aromatic heterocycles. The van der Waals surface area contributed by atoms with Gasteiger partial charge in [0.05, 0.1) is 22.2 Å². The summed E-state index contributed by atoms with van der Waals surface area (Å²) < 4.78 is 37.0. The number of hydrogen-bond donors (Lipinski definition) is 0. The number of hydrogen-bond acceptors (Lipinski definition) is 4. The summed E-state index contributed by atoms with van der Waals surface area (Å²) in [5.41, 5.74) is 0.859. The highest BCUT2D eigenvalue weighted by Gasteiger charge is 2.15. The number of rotatable bonds is 5. The molecule has 0 atom stereocenters. The zero-order chi connectivity index (χ0) is 18.0. The largest absolute Gasteiger partial charge is 0.497 e. The second-order valence-corrected chi connectivity index (χ2v) is 8.19. The van der Waals surface area contributed by atoms with Crippen LogP contribution in [0.3, 0.4) is 0 Å². The molecule has 0 aliphatic heterocycles. The Balaban J connectivity index is 2.18. The van der Waals surface area contributed by atoms with Gasteiger partial charge in [-0.15, -0.1) is 11.0 Å². The van der Waals surface area contributed by atoms with Crippen LogP contribution in [0.2, 0.25) is 5.02 Å². The standard InChI is InChI=1S/C17H15ClN2O3S2/c1-3-10-20-15-9-4-12(18)11-16(15)24-17(20)19-25(21,22)14-7-5-13(23-2)6-8-14/h3-9,11H,1,10H2,2H3/b19-17-. The van der Waals surface area contributed by atoms with Gasteiger partial charge in [0, 0.05) is 11.6 Å². The summed E-state index contributed by atoms with van der Waals surface area (Å²) in [6.45, 7) is 4.17. The summed E-state index contributed by atoms with van der Waals surface area (Å²) in [5.74, 6) is 0.581. The molecule has 0 bridgehead atoms. The molecule has 0 radical (unpaired) electrons. The highest BCUT2D eigenvalue weighted by molar-refractivity contribution is 7.90. The number of sulfonamides is 1. The molecule has 0 amide bonds. The number of allylic oxidation sites excluding steroid dienone is 1. The molecule has 0 N–H and O–H groups in total. The first-order valence-electron chi connectivity index (χ1n) is 7.29. The first-order valence-corrected chi connectivity index (χ1v) is 9.93. The van der Waals surface area contributed by atoms with Crippen LogP contribution in [0, 0.1) is 0 Å². The van der Waals surface area contributed by atoms with E-state index in [-0.39, 0.29) is 4.90 Å². The molecule has 0 saturated heterocycles. The Morgan fingerprint density at radius 3 is 2.64 bits per heavy atom. The third-order valence-corrected chi connectivity index (χ3v) is 6.19. The second kappa shape index (κ2) is 7.03. The van der Waals surface area contributed by atoms with Crippen molar-refractivity contribution in [3.8, 4) is 5.75 Å². The Kier molecular flexibility index (Phi) is 4.99. The Bertz CT molecular complexity index is 1100. The van der Waals surface area contributed by atoms with E-state index in [9.17, 15) is 8.42 Å². The van der Waals surface area contributed by atoms with Crippen LogP contribution in [0.5, 0.6) is 5.75 Å². The molecule has 1 heterocycles. The van der Waals surface area contributed by atoms with Crippen LogP contribution in [-0.4, -0.2) is 20.1 Å². The van der Waals surface area contributed by atoms with Gasteiger partial charge in [-0.25, -0.2) is 0 Å². The third kappa shape index (κ3) is 3.63. The Morgan fingerprint density at radius 1 is 1.28 bits per heavy atom. The molecule has 0 fully saturated rings. The average Bonchev–Trinajstić information content (AvgIpc) is 2.91. The molecule has 0 aliphatic carbocycles. The molecule has 0 saturated carbocycles. The van der Waals surface area contributed by atoms with Gasteiger partial charge < -0.3 is 9.30 Å². The van der Waals surface area contributed by atoms with Gasteiger partial charge in [-0.3, -0.25) is 0 Å². The summed E-state index contributed by atoms with van der Waals surface area (Å²) in [6.07, 6.45) is 1.69. The number of aromatic nitrogens is 1. The van der Waals surface area contributed by atoms with Crippen molar-refractivity contribution in [3.63, 3.8) is 0 Å². The van der Waals surface area contributed by atoms with Gasteiger partial charge >= 0.3 is 0 Å². The highest BCUT2D eigenvalue weighted by Crippen LogP contribution is 2.23. The van der Waals surface area contributed by atoms with Gasteiger partial charge in [0.2, 0.25) is 4.80 Å². The Hall–Kier alpha value is -2.09. The number of halogens is 1. The van der Waals surface area contributed by atoms with Crippen molar-refractivity contribution >= 4 is 43.2 Å². The minimum atomic E-state index is -3.85. The van der Waals surface area contributed by atoms with Gasteiger partial charge in [-0.05, 0) is 42.5 Å². The van der Waals surface area contributed by atoms with E-state index in [1.807, 2.05) is 6.07 Å². The van der Waals surface area contributed by atoms with Crippen molar-refractivity contribution in [2.75, 3.05) is 7.11 Å². The molecule has 3 rings (SSSR count). The predicted molar refractivity (Wildman–Crippen MR) is 101 cm³/mol. The molecule has 25 heavy (non-hydrogen) atoms. The predicted octanol–water partition coefficient (Wildman–Crippen LogP) is 3.84. The van der Waals surface area contributed by atoms with Crippen molar-refractivity contribution < 1.29 is 13.2 Å². The molecule has 3 aromatic rings. The van der Waals surface area contributed by atoms with Gasteiger partial charge in [-0.1, -0.05) is 29.0 Å². The second-order valence-electron chi connectivity index (χ2n) is 5.14. The topological polar surface area (TPSA) is 60.7 Å². The molecule has 130 valence electrons. The number of ether oxygens (including phenoxy) is 1. The van der Waals surface area contributed by atoms with Gasteiger partial charge in [0.1, 0.15) is 5.75 Å². The molecule has 0 spiro atoms. The number of nitrogens with zero attached hydrogens (tertiary/aromatic N) is 2. The molecular formula is C17H15ClN2O3S2. The van der Waals surface area contributed by atoms with E-state index < -0.39 is 10.0 Å². The van der Waals surface area contributed by atoms with E-state index in [4.69, 9.17) is 16.3 Å². The van der Waals surface area contributed by atoms with Crippen molar-refractivity contribution in [2.24, 2.45) is 4.40 Å². The summed E-state index contributed by atoms with van der Waals surface area (Å²) in [6, 6.07) is 11.5. The number of fused-ring (bicyclic) bond motifs is 1. The molecule has 2 aromatic carbocycles. The number of benzene rings is 2. The number of methoxy groups -OCH3 is 1. The van der Waals surface area contributed by atoms with Crippen molar-refractivity contribution in [1.29, 1.82) is 0 Å². The Morgan fingerprint density at radius 2 is 2.00 bits per heavy atom. The fraction of sp³-hybridized carbons (Fsp3) is 0.118. The van der Waals surface area contributed by atoms with Crippen LogP contribution in [0.25, 0.3) is 10.2 Å². The van der Waals surface area contributed by atoms with Crippen LogP contribution in [-0.2, 0) is 16.6 Å². The zero-order valence-corrected chi connectivity index (χ0v) is 15.7. The van der Waals surface area contributed by atoms with E-state index >= 15 is 0 Å². The minimum absolute atomic E-state index is 0.106. The molecule has 0 unspecified atom stereocenters. The molecular weight excluding hydrogens is 380 g/mol. The lowest BCUT2D eigenvalue weighted by Gasteiger charge is -2.03. The SMILES string of the molecule is C=CCn1/c(=N/S(=O)(=O)c2ccc(OC)cc2)sc2cc(Cl)ccc21. The van der Waals surface area contributed by atoms with E-state index in [1.165, 1.54) is 30.6 Å². The van der Waals surface area contributed by atoms with E-state index in [0.717, 1.165) is 10.2 Å². The van der Waals surface area contributed by atoms with Gasteiger partial charge in [-0.2, -0.15) is 8.42 Å². The van der Waals surface area contributed by atoms with E-state index in [2.05, 4.69) is 11.0 Å². The van der Waals surface area contributed by atoms with Crippen LogP contribution < -0.4 is 9.54 Å². The lowest BCUT2D eigenvalue weighted by atomic mass is 10.3. The highest BCUT2D eigenvalue weighted by atomic mass is 35.5. The van der Waals surface area contributed by atoms with Crippen molar-refractivity contribution in [3.05, 3.63) is 64.9 Å². The summed E-state index contributed by atoms with van der Waals surface area (Å²) in [4.78, 5) is 0.474. The van der Waals surface area contributed by atoms with Crippen molar-refractivity contribution in [1.82, 2.24) is 4.57 Å². The average molecular weight is 395 g/mol.